The number of rotatable bonds is 3. The third-order valence-corrected chi connectivity index (χ3v) is 4.04. The summed E-state index contributed by atoms with van der Waals surface area (Å²) in [5, 5.41) is 19.4. The SMILES string of the molecule is N/N=c1\sc(-c2ccc(F)cc2)nn1-c1ccc([N+](=O)[O-])cc1. The normalized spacial score (nSPS) is 11.6. The third-order valence-electron chi connectivity index (χ3n) is 3.07. The minimum Gasteiger partial charge on any atom is -0.320 e. The molecule has 7 nitrogen and oxygen atoms in total. The van der Waals surface area contributed by atoms with Crippen molar-refractivity contribution in [2.75, 3.05) is 0 Å². The van der Waals surface area contributed by atoms with Gasteiger partial charge in [0.25, 0.3) is 5.69 Å². The van der Waals surface area contributed by atoms with Crippen molar-refractivity contribution in [2.24, 2.45) is 10.9 Å². The minimum atomic E-state index is -0.479. The number of nitro groups is 1. The molecule has 0 atom stereocenters. The number of nitro benzene ring substituents is 1. The Morgan fingerprint density at radius 1 is 1.17 bits per heavy atom. The highest BCUT2D eigenvalue weighted by molar-refractivity contribution is 7.12. The van der Waals surface area contributed by atoms with Gasteiger partial charge >= 0.3 is 0 Å². The Balaban J connectivity index is 2.06. The minimum absolute atomic E-state index is 0.0189. The van der Waals surface area contributed by atoms with Gasteiger partial charge in [-0.3, -0.25) is 10.1 Å². The van der Waals surface area contributed by atoms with E-state index in [1.54, 1.807) is 24.3 Å². The summed E-state index contributed by atoms with van der Waals surface area (Å²) in [5.74, 6) is 5.05. The lowest BCUT2D eigenvalue weighted by Gasteiger charge is -2.00. The largest absolute Gasteiger partial charge is 0.320 e. The predicted molar refractivity (Wildman–Crippen MR) is 83.2 cm³/mol. The molecule has 0 fully saturated rings. The number of hydrogen-bond acceptors (Lipinski definition) is 6. The van der Waals surface area contributed by atoms with E-state index in [9.17, 15) is 14.5 Å². The molecular formula is C14H10FN5O2S. The molecule has 0 unspecified atom stereocenters. The molecule has 3 aromatic rings. The number of aromatic nitrogens is 2. The van der Waals surface area contributed by atoms with Gasteiger partial charge < -0.3 is 5.84 Å². The van der Waals surface area contributed by atoms with Crippen molar-refractivity contribution in [1.82, 2.24) is 9.78 Å². The molecule has 1 heterocycles. The molecule has 1 aromatic heterocycles. The Hall–Kier alpha value is -3.07. The number of halogens is 1. The number of benzene rings is 2. The fourth-order valence-electron chi connectivity index (χ4n) is 1.96. The van der Waals surface area contributed by atoms with Gasteiger partial charge in [-0.05, 0) is 36.4 Å². The monoisotopic (exact) mass is 331 g/mol. The fraction of sp³-hybridized carbons (Fsp3) is 0. The Morgan fingerprint density at radius 3 is 2.39 bits per heavy atom. The van der Waals surface area contributed by atoms with Gasteiger partial charge in [-0.2, -0.15) is 10.2 Å². The Labute approximate surface area is 133 Å². The first-order valence-corrected chi connectivity index (χ1v) is 7.25. The van der Waals surface area contributed by atoms with E-state index in [2.05, 4.69) is 10.2 Å². The van der Waals surface area contributed by atoms with Crippen molar-refractivity contribution >= 4 is 17.0 Å². The molecule has 0 aliphatic carbocycles. The molecule has 0 bridgehead atoms. The first-order chi connectivity index (χ1) is 11.1. The average Bonchev–Trinajstić information content (AvgIpc) is 3.00. The van der Waals surface area contributed by atoms with E-state index in [0.29, 0.717) is 15.5 Å². The quantitative estimate of drug-likeness (QED) is 0.452. The second kappa shape index (κ2) is 5.97. The van der Waals surface area contributed by atoms with Gasteiger partial charge in [0, 0.05) is 17.7 Å². The lowest BCUT2D eigenvalue weighted by atomic mass is 10.2. The van der Waals surface area contributed by atoms with Crippen LogP contribution in [0.1, 0.15) is 0 Å². The summed E-state index contributed by atoms with van der Waals surface area (Å²) in [6.45, 7) is 0. The first-order valence-electron chi connectivity index (χ1n) is 6.43. The highest BCUT2D eigenvalue weighted by Gasteiger charge is 2.11. The summed E-state index contributed by atoms with van der Waals surface area (Å²) in [7, 11) is 0. The number of hydrogen-bond donors (Lipinski definition) is 1. The van der Waals surface area contributed by atoms with E-state index in [0.717, 1.165) is 5.56 Å². The molecule has 0 saturated carbocycles. The van der Waals surface area contributed by atoms with E-state index in [1.165, 1.54) is 40.3 Å². The van der Waals surface area contributed by atoms with Gasteiger partial charge in [-0.1, -0.05) is 11.3 Å². The molecular weight excluding hydrogens is 321 g/mol. The molecule has 0 aliphatic heterocycles. The second-order valence-corrected chi connectivity index (χ2v) is 5.47. The summed E-state index contributed by atoms with van der Waals surface area (Å²) < 4.78 is 14.5. The van der Waals surface area contributed by atoms with Gasteiger partial charge in [0.05, 0.1) is 10.6 Å². The standard InChI is InChI=1S/C14H10FN5O2S/c15-10-3-1-9(2-4-10)13-18-19(14(17-16)23-13)11-5-7-12(8-6-11)20(21)22/h1-8H,16H2/b17-14-. The average molecular weight is 331 g/mol. The van der Waals surface area contributed by atoms with Gasteiger partial charge in [-0.15, -0.1) is 0 Å². The summed E-state index contributed by atoms with van der Waals surface area (Å²) in [6.07, 6.45) is 0. The molecule has 0 saturated heterocycles. The lowest BCUT2D eigenvalue weighted by Crippen LogP contribution is -2.16. The summed E-state index contributed by atoms with van der Waals surface area (Å²) in [6, 6.07) is 11.8. The molecule has 2 aromatic carbocycles. The highest BCUT2D eigenvalue weighted by atomic mass is 32.1. The summed E-state index contributed by atoms with van der Waals surface area (Å²) >= 11 is 1.23. The van der Waals surface area contributed by atoms with E-state index >= 15 is 0 Å². The van der Waals surface area contributed by atoms with E-state index in [4.69, 9.17) is 5.84 Å². The van der Waals surface area contributed by atoms with Crippen LogP contribution in [0.5, 0.6) is 0 Å². The molecule has 116 valence electrons. The molecule has 9 heteroatoms. The van der Waals surface area contributed by atoms with Crippen LogP contribution in [0.2, 0.25) is 0 Å². The van der Waals surface area contributed by atoms with Crippen LogP contribution in [0, 0.1) is 15.9 Å². The molecule has 0 amide bonds. The number of non-ortho nitro benzene ring substituents is 1. The van der Waals surface area contributed by atoms with Crippen molar-refractivity contribution in [3.05, 3.63) is 69.3 Å². The molecule has 3 rings (SSSR count). The van der Waals surface area contributed by atoms with E-state index in [1.807, 2.05) is 0 Å². The zero-order valence-electron chi connectivity index (χ0n) is 11.6. The van der Waals surface area contributed by atoms with Gasteiger partial charge in [0.15, 0.2) is 0 Å². The number of nitrogens with two attached hydrogens (primary N) is 1. The molecule has 0 radical (unpaired) electrons. The van der Waals surface area contributed by atoms with Crippen molar-refractivity contribution in [1.29, 1.82) is 0 Å². The van der Waals surface area contributed by atoms with Crippen molar-refractivity contribution in [2.45, 2.75) is 0 Å². The lowest BCUT2D eigenvalue weighted by molar-refractivity contribution is -0.384. The Morgan fingerprint density at radius 2 is 1.83 bits per heavy atom. The van der Waals surface area contributed by atoms with Crippen molar-refractivity contribution in [3.63, 3.8) is 0 Å². The molecule has 0 aliphatic rings. The maximum atomic E-state index is 13.0. The predicted octanol–water partition coefficient (Wildman–Crippen LogP) is 2.42. The Bertz CT molecular complexity index is 916. The van der Waals surface area contributed by atoms with E-state index < -0.39 is 4.92 Å². The molecule has 0 spiro atoms. The summed E-state index contributed by atoms with van der Waals surface area (Å²) in [4.78, 5) is 10.6. The third kappa shape index (κ3) is 2.94. The first kappa shape index (κ1) is 14.9. The van der Waals surface area contributed by atoms with Crippen LogP contribution in [-0.4, -0.2) is 14.7 Å². The smallest absolute Gasteiger partial charge is 0.269 e. The van der Waals surface area contributed by atoms with E-state index in [-0.39, 0.29) is 11.5 Å². The highest BCUT2D eigenvalue weighted by Crippen LogP contribution is 2.21. The maximum absolute atomic E-state index is 13.0. The molecule has 23 heavy (non-hydrogen) atoms. The number of nitrogens with zero attached hydrogens (tertiary/aromatic N) is 4. The van der Waals surface area contributed by atoms with Crippen LogP contribution in [-0.2, 0) is 0 Å². The van der Waals surface area contributed by atoms with Crippen molar-refractivity contribution in [3.8, 4) is 16.3 Å². The van der Waals surface area contributed by atoms with Crippen LogP contribution in [0.15, 0.2) is 53.6 Å². The van der Waals surface area contributed by atoms with Gasteiger partial charge in [0.1, 0.15) is 10.8 Å². The zero-order valence-corrected chi connectivity index (χ0v) is 12.4. The van der Waals surface area contributed by atoms with Crippen LogP contribution >= 0.6 is 11.3 Å². The summed E-state index contributed by atoms with van der Waals surface area (Å²) in [5.41, 5.74) is 1.29. The fourth-order valence-corrected chi connectivity index (χ4v) is 2.79. The molecule has 2 N–H and O–H groups in total. The van der Waals surface area contributed by atoms with Crippen LogP contribution in [0.4, 0.5) is 10.1 Å². The maximum Gasteiger partial charge on any atom is 0.269 e. The van der Waals surface area contributed by atoms with Crippen LogP contribution in [0.25, 0.3) is 16.3 Å². The topological polar surface area (TPSA) is 99.3 Å². The zero-order chi connectivity index (χ0) is 16.4. The van der Waals surface area contributed by atoms with Crippen LogP contribution < -0.4 is 10.6 Å². The van der Waals surface area contributed by atoms with Gasteiger partial charge in [-0.25, -0.2) is 9.07 Å². The van der Waals surface area contributed by atoms with Crippen molar-refractivity contribution < 1.29 is 9.31 Å². The second-order valence-electron chi connectivity index (χ2n) is 4.51. The Kier molecular flexibility index (Phi) is 3.85. The van der Waals surface area contributed by atoms with Gasteiger partial charge in [0.2, 0.25) is 4.80 Å². The van der Waals surface area contributed by atoms with Crippen LogP contribution in [0.3, 0.4) is 0 Å².